The third-order valence-corrected chi connectivity index (χ3v) is 3.48. The van der Waals surface area contributed by atoms with Gasteiger partial charge in [-0.25, -0.2) is 5.48 Å². The highest BCUT2D eigenvalue weighted by atomic mass is 16.5. The number of hydrogen-bond acceptors (Lipinski definition) is 5. The number of amides is 3. The highest BCUT2D eigenvalue weighted by molar-refractivity contribution is 5.92. The smallest absolute Gasteiger partial charge is 0.272 e. The molecule has 8 heteroatoms. The molecule has 134 valence electrons. The van der Waals surface area contributed by atoms with Gasteiger partial charge in [-0.1, -0.05) is 34.6 Å². The van der Waals surface area contributed by atoms with Crippen molar-refractivity contribution in [3.63, 3.8) is 0 Å². The Hall–Kier alpha value is -1.67. The number of carbonyl (C=O) groups is 3. The van der Waals surface area contributed by atoms with Crippen LogP contribution in [0.4, 0.5) is 0 Å². The van der Waals surface area contributed by atoms with Gasteiger partial charge in [-0.15, -0.1) is 0 Å². The van der Waals surface area contributed by atoms with Crippen LogP contribution >= 0.6 is 0 Å². The molecule has 2 unspecified atom stereocenters. The van der Waals surface area contributed by atoms with Gasteiger partial charge < -0.3 is 15.7 Å². The SMILES string of the molecule is CNC(=O)[C@@H](NC(=O)C(CC(C)C)C(O)C(=O)NO)C(C)(C)C. The van der Waals surface area contributed by atoms with E-state index in [9.17, 15) is 19.5 Å². The molecule has 0 aliphatic carbocycles. The number of rotatable bonds is 7. The minimum Gasteiger partial charge on any atom is -0.382 e. The van der Waals surface area contributed by atoms with E-state index in [4.69, 9.17) is 5.21 Å². The quantitative estimate of drug-likeness (QED) is 0.326. The first-order valence-corrected chi connectivity index (χ1v) is 7.59. The van der Waals surface area contributed by atoms with Crippen LogP contribution in [0.2, 0.25) is 0 Å². The fourth-order valence-corrected chi connectivity index (χ4v) is 2.21. The Morgan fingerprint density at radius 3 is 1.91 bits per heavy atom. The van der Waals surface area contributed by atoms with Crippen molar-refractivity contribution in [1.82, 2.24) is 16.1 Å². The zero-order chi connectivity index (χ0) is 18.4. The van der Waals surface area contributed by atoms with E-state index in [-0.39, 0.29) is 18.2 Å². The molecule has 0 aromatic rings. The molecule has 0 aliphatic rings. The van der Waals surface area contributed by atoms with Gasteiger partial charge in [0, 0.05) is 7.05 Å². The van der Waals surface area contributed by atoms with Gasteiger partial charge in [0.05, 0.1) is 5.92 Å². The summed E-state index contributed by atoms with van der Waals surface area (Å²) in [6.07, 6.45) is -1.47. The zero-order valence-electron chi connectivity index (χ0n) is 14.6. The number of likely N-dealkylation sites (N-methyl/N-ethyl adjacent to an activating group) is 1. The Kier molecular flexibility index (Phi) is 8.19. The lowest BCUT2D eigenvalue weighted by Gasteiger charge is -2.32. The molecule has 23 heavy (non-hydrogen) atoms. The summed E-state index contributed by atoms with van der Waals surface area (Å²) in [5, 5.41) is 23.7. The zero-order valence-corrected chi connectivity index (χ0v) is 14.6. The first-order chi connectivity index (χ1) is 10.4. The number of hydroxylamine groups is 1. The number of aliphatic hydroxyl groups excluding tert-OH is 1. The lowest BCUT2D eigenvalue weighted by Crippen LogP contribution is -2.56. The van der Waals surface area contributed by atoms with Crippen LogP contribution in [0.5, 0.6) is 0 Å². The van der Waals surface area contributed by atoms with Gasteiger partial charge >= 0.3 is 0 Å². The molecular weight excluding hydrogens is 302 g/mol. The molecule has 3 atom stereocenters. The standard InChI is InChI=1S/C15H29N3O5/c1-8(2)7-9(10(19)13(21)18-23)12(20)17-11(14(22)16-6)15(3,4)5/h8-11,19,23H,7H2,1-6H3,(H,16,22)(H,17,20)(H,18,21)/t9?,10?,11-/m1/s1. The fourth-order valence-electron chi connectivity index (χ4n) is 2.21. The average Bonchev–Trinajstić information content (AvgIpc) is 2.46. The third kappa shape index (κ3) is 6.54. The van der Waals surface area contributed by atoms with Gasteiger partial charge in [0.1, 0.15) is 12.1 Å². The Morgan fingerprint density at radius 2 is 1.57 bits per heavy atom. The summed E-state index contributed by atoms with van der Waals surface area (Å²) in [5.41, 5.74) is 0.789. The van der Waals surface area contributed by atoms with Crippen molar-refractivity contribution in [2.24, 2.45) is 17.3 Å². The molecule has 0 aromatic heterocycles. The summed E-state index contributed by atoms with van der Waals surface area (Å²) in [4.78, 5) is 35.9. The molecule has 0 spiro atoms. The van der Waals surface area contributed by atoms with Crippen molar-refractivity contribution in [2.45, 2.75) is 53.2 Å². The van der Waals surface area contributed by atoms with Crippen LogP contribution in [0.15, 0.2) is 0 Å². The van der Waals surface area contributed by atoms with Crippen LogP contribution in [0.25, 0.3) is 0 Å². The van der Waals surface area contributed by atoms with Crippen LogP contribution in [0, 0.1) is 17.3 Å². The average molecular weight is 331 g/mol. The molecule has 5 N–H and O–H groups in total. The predicted octanol–water partition coefficient (Wildman–Crippen LogP) is -0.208. The first kappa shape index (κ1) is 21.3. The lowest BCUT2D eigenvalue weighted by molar-refractivity contribution is -0.147. The van der Waals surface area contributed by atoms with E-state index >= 15 is 0 Å². The van der Waals surface area contributed by atoms with Crippen LogP contribution in [0.3, 0.4) is 0 Å². The Bertz CT molecular complexity index is 431. The molecule has 0 rings (SSSR count). The molecule has 3 amide bonds. The van der Waals surface area contributed by atoms with E-state index in [1.54, 1.807) is 20.8 Å². The van der Waals surface area contributed by atoms with E-state index in [0.29, 0.717) is 0 Å². The minimum absolute atomic E-state index is 0.0278. The van der Waals surface area contributed by atoms with Crippen LogP contribution in [-0.4, -0.2) is 47.2 Å². The topological polar surface area (TPSA) is 128 Å². The predicted molar refractivity (Wildman–Crippen MR) is 84.3 cm³/mol. The van der Waals surface area contributed by atoms with Gasteiger partial charge in [0.25, 0.3) is 5.91 Å². The van der Waals surface area contributed by atoms with Crippen LogP contribution in [-0.2, 0) is 14.4 Å². The molecule has 0 heterocycles. The Balaban J connectivity index is 5.35. The maximum absolute atomic E-state index is 12.5. The first-order valence-electron chi connectivity index (χ1n) is 7.59. The van der Waals surface area contributed by atoms with Gasteiger partial charge in [0.15, 0.2) is 0 Å². The number of aliphatic hydroxyl groups is 1. The van der Waals surface area contributed by atoms with Crippen molar-refractivity contribution < 1.29 is 24.7 Å². The molecule has 0 fully saturated rings. The highest BCUT2D eigenvalue weighted by Gasteiger charge is 2.38. The second kappa shape index (κ2) is 8.83. The second-order valence-electron chi connectivity index (χ2n) is 7.08. The monoisotopic (exact) mass is 331 g/mol. The third-order valence-electron chi connectivity index (χ3n) is 3.48. The number of carbonyl (C=O) groups excluding carboxylic acids is 3. The summed E-state index contributed by atoms with van der Waals surface area (Å²) in [5.74, 6) is -3.08. The number of nitrogens with one attached hydrogen (secondary N) is 3. The highest BCUT2D eigenvalue weighted by Crippen LogP contribution is 2.22. The van der Waals surface area contributed by atoms with Crippen molar-refractivity contribution >= 4 is 17.7 Å². The van der Waals surface area contributed by atoms with E-state index in [1.807, 2.05) is 13.8 Å². The summed E-state index contributed by atoms with van der Waals surface area (Å²) in [6.45, 7) is 9.05. The summed E-state index contributed by atoms with van der Waals surface area (Å²) < 4.78 is 0. The number of hydrogen-bond donors (Lipinski definition) is 5. The minimum atomic E-state index is -1.70. The van der Waals surface area contributed by atoms with Crippen LogP contribution in [0.1, 0.15) is 41.0 Å². The molecule has 0 bridgehead atoms. The van der Waals surface area contributed by atoms with Gasteiger partial charge in [0.2, 0.25) is 11.8 Å². The van der Waals surface area contributed by atoms with Gasteiger partial charge in [-0.3, -0.25) is 19.6 Å². The lowest BCUT2D eigenvalue weighted by atomic mass is 9.84. The normalized spacial score (nSPS) is 15.5. The van der Waals surface area contributed by atoms with Crippen molar-refractivity contribution in [3.8, 4) is 0 Å². The Morgan fingerprint density at radius 1 is 1.04 bits per heavy atom. The van der Waals surface area contributed by atoms with E-state index in [0.717, 1.165) is 0 Å². The summed E-state index contributed by atoms with van der Waals surface area (Å²) in [6, 6.07) is -0.820. The van der Waals surface area contributed by atoms with E-state index in [1.165, 1.54) is 12.5 Å². The van der Waals surface area contributed by atoms with Gasteiger partial charge in [-0.2, -0.15) is 0 Å². The van der Waals surface area contributed by atoms with Crippen molar-refractivity contribution in [1.29, 1.82) is 0 Å². The molecule has 0 saturated carbocycles. The molecular formula is C15H29N3O5. The van der Waals surface area contributed by atoms with E-state index < -0.39 is 35.3 Å². The molecule has 8 nitrogen and oxygen atoms in total. The molecule has 0 aromatic carbocycles. The summed E-state index contributed by atoms with van der Waals surface area (Å²) >= 11 is 0. The second-order valence-corrected chi connectivity index (χ2v) is 7.08. The molecule has 0 aliphatic heterocycles. The summed E-state index contributed by atoms with van der Waals surface area (Å²) in [7, 11) is 1.47. The maximum atomic E-state index is 12.5. The molecule has 0 radical (unpaired) electrons. The van der Waals surface area contributed by atoms with Crippen LogP contribution < -0.4 is 16.1 Å². The molecule has 0 saturated heterocycles. The maximum Gasteiger partial charge on any atom is 0.272 e. The van der Waals surface area contributed by atoms with Crippen molar-refractivity contribution in [2.75, 3.05) is 7.05 Å². The van der Waals surface area contributed by atoms with E-state index in [2.05, 4.69) is 10.6 Å². The fraction of sp³-hybridized carbons (Fsp3) is 0.800. The largest absolute Gasteiger partial charge is 0.382 e. The van der Waals surface area contributed by atoms with Crippen molar-refractivity contribution in [3.05, 3.63) is 0 Å². The van der Waals surface area contributed by atoms with Gasteiger partial charge in [-0.05, 0) is 17.8 Å². The Labute approximate surface area is 137 Å².